The maximum Gasteiger partial charge on any atom is 0.410 e. The Kier molecular flexibility index (Phi) is 25.3. The summed E-state index contributed by atoms with van der Waals surface area (Å²) in [6, 6.07) is 9.61. The quantitative estimate of drug-likeness (QED) is 0.289. The van der Waals surface area contributed by atoms with Crippen LogP contribution in [-0.2, 0) is 20.8 Å². The summed E-state index contributed by atoms with van der Waals surface area (Å²) in [6.07, 6.45) is 3.50. The summed E-state index contributed by atoms with van der Waals surface area (Å²) >= 11 is 0. The van der Waals surface area contributed by atoms with Crippen LogP contribution in [0.4, 0.5) is 4.79 Å². The number of hydrogen-bond donors (Lipinski definition) is 1. The zero-order valence-corrected chi connectivity index (χ0v) is 21.9. The molecule has 1 atom stereocenters. The predicted molar refractivity (Wildman–Crippen MR) is 136 cm³/mol. The highest BCUT2D eigenvalue weighted by Crippen LogP contribution is 2.13. The third kappa shape index (κ3) is 21.1. The Bertz CT molecular complexity index is 557. The molecule has 0 heterocycles. The molecule has 1 aromatic rings. The van der Waals surface area contributed by atoms with Crippen molar-refractivity contribution in [3.8, 4) is 0 Å². The van der Waals surface area contributed by atoms with Crippen LogP contribution >= 0.6 is 0 Å². The van der Waals surface area contributed by atoms with E-state index >= 15 is 0 Å². The molecule has 0 aromatic heterocycles. The lowest BCUT2D eigenvalue weighted by atomic mass is 10.1. The maximum absolute atomic E-state index is 12.3. The summed E-state index contributed by atoms with van der Waals surface area (Å²) < 4.78 is 9.67. The Balaban J connectivity index is -0.000000920. The summed E-state index contributed by atoms with van der Waals surface area (Å²) in [5, 5.41) is 3.31. The van der Waals surface area contributed by atoms with Crippen LogP contribution in [0.1, 0.15) is 66.9 Å². The van der Waals surface area contributed by atoms with Crippen LogP contribution in [0.5, 0.6) is 0 Å². The van der Waals surface area contributed by atoms with E-state index in [-0.39, 0.29) is 0 Å². The van der Waals surface area contributed by atoms with Crippen LogP contribution < -0.4 is 5.32 Å². The molecule has 1 N–H and O–H groups in total. The van der Waals surface area contributed by atoms with Crippen molar-refractivity contribution in [2.45, 2.75) is 79.5 Å². The highest BCUT2D eigenvalue weighted by Gasteiger charge is 2.27. The molecule has 1 aromatic carbocycles. The lowest BCUT2D eigenvalue weighted by Crippen LogP contribution is -2.45. The van der Waals surface area contributed by atoms with Crippen molar-refractivity contribution in [2.24, 2.45) is 0 Å². The SMILES string of the molecule is C=CC.CC.CCCN(C(=O)OC(C)(C)C)C(C=O)CCNCc1ccccc1.COC. The van der Waals surface area contributed by atoms with Gasteiger partial charge in [-0.05, 0) is 52.6 Å². The van der Waals surface area contributed by atoms with E-state index in [1.807, 2.05) is 78.8 Å². The Labute approximate surface area is 197 Å². The normalized spacial score (nSPS) is 10.5. The van der Waals surface area contributed by atoms with E-state index in [1.54, 1.807) is 20.3 Å². The number of aldehydes is 1. The van der Waals surface area contributed by atoms with Gasteiger partial charge in [-0.2, -0.15) is 0 Å². The maximum atomic E-state index is 12.3. The minimum Gasteiger partial charge on any atom is -0.444 e. The summed E-state index contributed by atoms with van der Waals surface area (Å²) in [6.45, 7) is 18.6. The molecule has 1 rings (SSSR count). The number of ether oxygens (including phenoxy) is 2. The Morgan fingerprint density at radius 3 is 2.09 bits per heavy atom. The third-order valence-electron chi connectivity index (χ3n) is 3.44. The van der Waals surface area contributed by atoms with Crippen molar-refractivity contribution in [1.82, 2.24) is 10.2 Å². The number of amides is 1. The molecule has 0 spiro atoms. The van der Waals surface area contributed by atoms with Crippen LogP contribution in [0.15, 0.2) is 43.0 Å². The van der Waals surface area contributed by atoms with Gasteiger partial charge in [-0.25, -0.2) is 4.79 Å². The Morgan fingerprint density at radius 1 is 1.19 bits per heavy atom. The van der Waals surface area contributed by atoms with E-state index in [0.717, 1.165) is 19.3 Å². The molecule has 0 aliphatic rings. The Hall–Kier alpha value is -2.18. The molecule has 0 bridgehead atoms. The highest BCUT2D eigenvalue weighted by atomic mass is 16.6. The predicted octanol–water partition coefficient (Wildman–Crippen LogP) is 5.86. The van der Waals surface area contributed by atoms with Crippen molar-refractivity contribution in [1.29, 1.82) is 0 Å². The number of benzene rings is 1. The van der Waals surface area contributed by atoms with E-state index < -0.39 is 17.7 Å². The lowest BCUT2D eigenvalue weighted by molar-refractivity contribution is -0.112. The second kappa shape index (κ2) is 23.5. The first kappa shape index (κ1) is 34.4. The van der Waals surface area contributed by atoms with Gasteiger partial charge in [0.1, 0.15) is 11.9 Å². The molecule has 186 valence electrons. The monoisotopic (exact) mass is 452 g/mol. The minimum atomic E-state index is -0.567. The van der Waals surface area contributed by atoms with Crippen molar-refractivity contribution >= 4 is 12.4 Å². The largest absolute Gasteiger partial charge is 0.444 e. The highest BCUT2D eigenvalue weighted by molar-refractivity contribution is 5.73. The first-order valence-corrected chi connectivity index (χ1v) is 11.4. The van der Waals surface area contributed by atoms with E-state index in [1.165, 1.54) is 10.5 Å². The summed E-state index contributed by atoms with van der Waals surface area (Å²) in [5.41, 5.74) is 0.625. The number of nitrogens with one attached hydrogen (secondary N) is 1. The first-order valence-electron chi connectivity index (χ1n) is 11.4. The summed E-state index contributed by atoms with van der Waals surface area (Å²) in [4.78, 5) is 25.3. The van der Waals surface area contributed by atoms with Crippen LogP contribution in [0, 0.1) is 0 Å². The van der Waals surface area contributed by atoms with Gasteiger partial charge in [0.25, 0.3) is 0 Å². The molecule has 6 heteroatoms. The van der Waals surface area contributed by atoms with Crippen molar-refractivity contribution in [3.05, 3.63) is 48.6 Å². The standard InChI is InChI=1S/C19H30N2O3.C3H6.C2H6O.C2H6/c1-5-13-21(18(23)24-19(2,3)4)17(15-22)11-12-20-14-16-9-7-6-8-10-16;2*1-3-2;1-2/h6-10,15,17,20H,5,11-14H2,1-4H3;3H,1H2,2H3;1-2H3;1-2H3. The molecule has 0 saturated carbocycles. The zero-order valence-electron chi connectivity index (χ0n) is 21.9. The fraction of sp³-hybridized carbons (Fsp3) is 0.615. The molecule has 32 heavy (non-hydrogen) atoms. The van der Waals surface area contributed by atoms with Crippen molar-refractivity contribution in [2.75, 3.05) is 27.3 Å². The minimum absolute atomic E-state index is 0.426. The second-order valence-corrected chi connectivity index (χ2v) is 7.64. The zero-order chi connectivity index (χ0) is 25.4. The smallest absolute Gasteiger partial charge is 0.410 e. The lowest BCUT2D eigenvalue weighted by Gasteiger charge is -2.30. The molecule has 0 fully saturated rings. The van der Waals surface area contributed by atoms with Gasteiger partial charge < -0.3 is 19.6 Å². The number of allylic oxidation sites excluding steroid dienone is 1. The van der Waals surface area contributed by atoms with E-state index in [4.69, 9.17) is 4.74 Å². The van der Waals surface area contributed by atoms with Crippen LogP contribution in [-0.4, -0.2) is 56.2 Å². The molecule has 1 amide bonds. The number of rotatable bonds is 9. The van der Waals surface area contributed by atoms with Crippen molar-refractivity contribution < 1.29 is 19.1 Å². The molecular formula is C26H48N2O4. The van der Waals surface area contributed by atoms with Gasteiger partial charge in [0.15, 0.2) is 0 Å². The number of nitrogens with zero attached hydrogens (tertiary/aromatic N) is 1. The molecule has 1 unspecified atom stereocenters. The fourth-order valence-corrected chi connectivity index (χ4v) is 2.33. The van der Waals surface area contributed by atoms with Crippen molar-refractivity contribution in [3.63, 3.8) is 0 Å². The number of hydrogen-bond acceptors (Lipinski definition) is 5. The van der Waals surface area contributed by atoms with Gasteiger partial charge in [0.05, 0.1) is 6.04 Å². The van der Waals surface area contributed by atoms with Crippen LogP contribution in [0.2, 0.25) is 0 Å². The molecule has 0 aliphatic heterocycles. The van der Waals surface area contributed by atoms with Crippen LogP contribution in [0.25, 0.3) is 0 Å². The molecule has 0 saturated heterocycles. The van der Waals surface area contributed by atoms with Gasteiger partial charge >= 0.3 is 6.09 Å². The van der Waals surface area contributed by atoms with Gasteiger partial charge in [-0.3, -0.25) is 4.90 Å². The summed E-state index contributed by atoms with van der Waals surface area (Å²) in [7, 11) is 3.25. The van der Waals surface area contributed by atoms with E-state index in [0.29, 0.717) is 19.5 Å². The number of carbonyl (C=O) groups excluding carboxylic acids is 2. The topological polar surface area (TPSA) is 67.9 Å². The van der Waals surface area contributed by atoms with E-state index in [9.17, 15) is 9.59 Å². The van der Waals surface area contributed by atoms with Crippen LogP contribution in [0.3, 0.4) is 0 Å². The van der Waals surface area contributed by atoms with Gasteiger partial charge in [0, 0.05) is 27.3 Å². The van der Waals surface area contributed by atoms with Gasteiger partial charge in [-0.1, -0.05) is 57.2 Å². The first-order chi connectivity index (χ1) is 15.2. The Morgan fingerprint density at radius 2 is 1.69 bits per heavy atom. The second-order valence-electron chi connectivity index (χ2n) is 7.64. The number of methoxy groups -OCH3 is 1. The molecule has 0 radical (unpaired) electrons. The molecule has 0 aliphatic carbocycles. The van der Waals surface area contributed by atoms with Gasteiger partial charge in [0.2, 0.25) is 0 Å². The molecule has 6 nitrogen and oxygen atoms in total. The molecular weight excluding hydrogens is 404 g/mol. The third-order valence-corrected chi connectivity index (χ3v) is 3.44. The number of carbonyl (C=O) groups is 2. The average molecular weight is 453 g/mol. The fourth-order valence-electron chi connectivity index (χ4n) is 2.33. The average Bonchev–Trinajstić information content (AvgIpc) is 2.75. The van der Waals surface area contributed by atoms with Gasteiger partial charge in [-0.15, -0.1) is 6.58 Å². The summed E-state index contributed by atoms with van der Waals surface area (Å²) in [5.74, 6) is 0. The van der Waals surface area contributed by atoms with E-state index in [2.05, 4.69) is 16.6 Å².